The molecule has 0 bridgehead atoms. The predicted octanol–water partition coefficient (Wildman–Crippen LogP) is 1.76. The highest BCUT2D eigenvalue weighted by Crippen LogP contribution is 2.02. The summed E-state index contributed by atoms with van der Waals surface area (Å²) in [5.74, 6) is 0.917. The second-order valence-electron chi connectivity index (χ2n) is 3.77. The minimum absolute atomic E-state index is 0.124. The zero-order chi connectivity index (χ0) is 9.02. The summed E-state index contributed by atoms with van der Waals surface area (Å²) >= 11 is 0. The van der Waals surface area contributed by atoms with E-state index in [1.54, 1.807) is 4.90 Å². The monoisotopic (exact) mass is 157 g/mol. The molecule has 0 radical (unpaired) electrons. The molecule has 2 heteroatoms. The zero-order valence-electron chi connectivity index (χ0n) is 8.22. The van der Waals surface area contributed by atoms with Gasteiger partial charge in [-0.2, -0.15) is 0 Å². The topological polar surface area (TPSA) is 20.3 Å². The average molecular weight is 157 g/mol. The lowest BCUT2D eigenvalue weighted by Gasteiger charge is -2.21. The number of hydrogen-bond acceptors (Lipinski definition) is 1. The van der Waals surface area contributed by atoms with E-state index >= 15 is 0 Å². The molecule has 66 valence electrons. The molecule has 1 amide bonds. The summed E-state index contributed by atoms with van der Waals surface area (Å²) in [4.78, 5) is 13.1. The fourth-order valence-electron chi connectivity index (χ4n) is 1.08. The first-order valence-electron chi connectivity index (χ1n) is 4.20. The lowest BCUT2D eigenvalue weighted by atomic mass is 10.1. The van der Waals surface area contributed by atoms with E-state index in [1.165, 1.54) is 0 Å². The molecule has 0 fully saturated rings. The van der Waals surface area contributed by atoms with Crippen molar-refractivity contribution in [2.24, 2.45) is 11.8 Å². The molecular weight excluding hydrogens is 138 g/mol. The smallest absolute Gasteiger partial charge is 0.224 e. The third kappa shape index (κ3) is 4.02. The van der Waals surface area contributed by atoms with E-state index < -0.39 is 0 Å². The maximum atomic E-state index is 11.3. The van der Waals surface area contributed by atoms with E-state index in [0.717, 1.165) is 6.54 Å². The van der Waals surface area contributed by atoms with Crippen LogP contribution in [-0.2, 0) is 4.79 Å². The van der Waals surface area contributed by atoms with Crippen LogP contribution in [0.15, 0.2) is 0 Å². The quantitative estimate of drug-likeness (QED) is 0.611. The van der Waals surface area contributed by atoms with Gasteiger partial charge in [-0.25, -0.2) is 0 Å². The van der Waals surface area contributed by atoms with Crippen molar-refractivity contribution in [1.29, 1.82) is 0 Å². The second kappa shape index (κ2) is 4.37. The molecule has 11 heavy (non-hydrogen) atoms. The first kappa shape index (κ1) is 10.5. The summed E-state index contributed by atoms with van der Waals surface area (Å²) in [5.41, 5.74) is 0. The third-order valence-corrected chi connectivity index (χ3v) is 1.51. The van der Waals surface area contributed by atoms with Crippen LogP contribution in [0.3, 0.4) is 0 Å². The van der Waals surface area contributed by atoms with Gasteiger partial charge >= 0.3 is 0 Å². The number of carbonyl (C=O) groups excluding carboxylic acids is 1. The zero-order valence-corrected chi connectivity index (χ0v) is 8.22. The minimum Gasteiger partial charge on any atom is -0.345 e. The molecule has 0 atom stereocenters. The Hall–Kier alpha value is -0.530. The number of nitrogens with zero attached hydrogens (tertiary/aromatic N) is 1. The van der Waals surface area contributed by atoms with E-state index in [4.69, 9.17) is 0 Å². The first-order chi connectivity index (χ1) is 4.95. The summed E-state index contributed by atoms with van der Waals surface area (Å²) in [6.45, 7) is 8.95. The van der Waals surface area contributed by atoms with E-state index in [-0.39, 0.29) is 11.8 Å². The molecule has 0 unspecified atom stereocenters. The molecule has 0 aliphatic heterocycles. The number of hydrogen-bond donors (Lipinski definition) is 0. The highest BCUT2D eigenvalue weighted by atomic mass is 16.2. The molecule has 0 aliphatic rings. The molecule has 0 rings (SSSR count). The lowest BCUT2D eigenvalue weighted by molar-refractivity contribution is -0.133. The molecule has 0 spiro atoms. The first-order valence-corrected chi connectivity index (χ1v) is 4.20. The molecule has 0 heterocycles. The Morgan fingerprint density at radius 3 is 2.00 bits per heavy atom. The molecule has 2 nitrogen and oxygen atoms in total. The minimum atomic E-state index is 0.124. The van der Waals surface area contributed by atoms with Gasteiger partial charge in [0.1, 0.15) is 0 Å². The molecule has 0 aromatic carbocycles. The molecular formula is C9H19NO. The highest BCUT2D eigenvalue weighted by Gasteiger charge is 2.12. The van der Waals surface area contributed by atoms with Gasteiger partial charge in [0.25, 0.3) is 0 Å². The Morgan fingerprint density at radius 1 is 1.27 bits per heavy atom. The maximum Gasteiger partial charge on any atom is 0.224 e. The van der Waals surface area contributed by atoms with Crippen LogP contribution in [0.25, 0.3) is 0 Å². The van der Waals surface area contributed by atoms with Crippen molar-refractivity contribution < 1.29 is 4.79 Å². The van der Waals surface area contributed by atoms with Gasteiger partial charge in [0, 0.05) is 19.5 Å². The Labute approximate surface area is 69.6 Å². The van der Waals surface area contributed by atoms with E-state index in [9.17, 15) is 4.79 Å². The predicted molar refractivity (Wildman–Crippen MR) is 47.3 cm³/mol. The Kier molecular flexibility index (Phi) is 4.16. The second-order valence-corrected chi connectivity index (χ2v) is 3.77. The van der Waals surface area contributed by atoms with Crippen molar-refractivity contribution in [3.63, 3.8) is 0 Å². The van der Waals surface area contributed by atoms with Crippen LogP contribution in [0.2, 0.25) is 0 Å². The molecule has 0 saturated carbocycles. The molecule has 0 aliphatic carbocycles. The Bertz CT molecular complexity index is 130. The number of carbonyl (C=O) groups is 1. The van der Waals surface area contributed by atoms with E-state index in [1.807, 2.05) is 20.9 Å². The van der Waals surface area contributed by atoms with Crippen LogP contribution in [0, 0.1) is 11.8 Å². The van der Waals surface area contributed by atoms with Crippen LogP contribution >= 0.6 is 0 Å². The standard InChI is InChI=1S/C9H19NO/c1-7(2)6-10(5)9(11)8(3)4/h7-8H,6H2,1-5H3. The highest BCUT2D eigenvalue weighted by molar-refractivity contribution is 5.77. The van der Waals surface area contributed by atoms with Crippen LogP contribution < -0.4 is 0 Å². The normalized spacial score (nSPS) is 10.8. The summed E-state index contributed by atoms with van der Waals surface area (Å²) in [7, 11) is 1.86. The van der Waals surface area contributed by atoms with Gasteiger partial charge < -0.3 is 4.90 Å². The van der Waals surface area contributed by atoms with Crippen LogP contribution in [0.5, 0.6) is 0 Å². The molecule has 0 N–H and O–H groups in total. The molecule has 0 aromatic rings. The van der Waals surface area contributed by atoms with E-state index in [0.29, 0.717) is 5.92 Å². The Balaban J connectivity index is 3.83. The van der Waals surface area contributed by atoms with Crippen LogP contribution in [0.4, 0.5) is 0 Å². The van der Waals surface area contributed by atoms with Crippen LogP contribution in [0.1, 0.15) is 27.7 Å². The average Bonchev–Trinajstić information content (AvgIpc) is 1.84. The summed E-state index contributed by atoms with van der Waals surface area (Å²) in [5, 5.41) is 0. The van der Waals surface area contributed by atoms with Crippen LogP contribution in [-0.4, -0.2) is 24.4 Å². The number of amides is 1. The summed E-state index contributed by atoms with van der Waals surface area (Å²) < 4.78 is 0. The van der Waals surface area contributed by atoms with Crippen molar-refractivity contribution in [2.75, 3.05) is 13.6 Å². The van der Waals surface area contributed by atoms with Gasteiger partial charge in [0.2, 0.25) is 5.91 Å². The third-order valence-electron chi connectivity index (χ3n) is 1.51. The van der Waals surface area contributed by atoms with Gasteiger partial charge in [-0.3, -0.25) is 4.79 Å². The van der Waals surface area contributed by atoms with Crippen molar-refractivity contribution in [3.05, 3.63) is 0 Å². The van der Waals surface area contributed by atoms with Crippen molar-refractivity contribution >= 4 is 5.91 Å². The van der Waals surface area contributed by atoms with Gasteiger partial charge in [-0.05, 0) is 5.92 Å². The SMILES string of the molecule is CC(C)CN(C)C(=O)C(C)C. The van der Waals surface area contributed by atoms with Gasteiger partial charge in [0.15, 0.2) is 0 Å². The van der Waals surface area contributed by atoms with Gasteiger partial charge in [0.05, 0.1) is 0 Å². The maximum absolute atomic E-state index is 11.3. The summed E-state index contributed by atoms with van der Waals surface area (Å²) in [6, 6.07) is 0. The lowest BCUT2D eigenvalue weighted by Crippen LogP contribution is -2.33. The van der Waals surface area contributed by atoms with E-state index in [2.05, 4.69) is 13.8 Å². The van der Waals surface area contributed by atoms with Gasteiger partial charge in [-0.1, -0.05) is 27.7 Å². The fraction of sp³-hybridized carbons (Fsp3) is 0.889. The van der Waals surface area contributed by atoms with Crippen molar-refractivity contribution in [3.8, 4) is 0 Å². The van der Waals surface area contributed by atoms with Crippen molar-refractivity contribution in [2.45, 2.75) is 27.7 Å². The number of rotatable bonds is 3. The molecule has 0 saturated heterocycles. The van der Waals surface area contributed by atoms with Crippen molar-refractivity contribution in [1.82, 2.24) is 4.90 Å². The largest absolute Gasteiger partial charge is 0.345 e. The van der Waals surface area contributed by atoms with Gasteiger partial charge in [-0.15, -0.1) is 0 Å². The molecule has 0 aromatic heterocycles. The summed E-state index contributed by atoms with van der Waals surface area (Å²) in [6.07, 6.45) is 0. The fourth-order valence-corrected chi connectivity index (χ4v) is 1.08. The Morgan fingerprint density at radius 2 is 1.73 bits per heavy atom.